The van der Waals surface area contributed by atoms with E-state index in [-0.39, 0.29) is 5.56 Å². The molecule has 2 rings (SSSR count). The van der Waals surface area contributed by atoms with Crippen LogP contribution in [-0.4, -0.2) is 20.9 Å². The van der Waals surface area contributed by atoms with Crippen molar-refractivity contribution in [3.8, 4) is 5.88 Å². The predicted octanol–water partition coefficient (Wildman–Crippen LogP) is 1.89. The van der Waals surface area contributed by atoms with Crippen LogP contribution < -0.4 is 11.2 Å². The molecule has 0 bridgehead atoms. The average Bonchev–Trinajstić information content (AvgIpc) is 2.38. The summed E-state index contributed by atoms with van der Waals surface area (Å²) < 4.78 is 13.9. The lowest BCUT2D eigenvalue weighted by Crippen LogP contribution is -2.40. The van der Waals surface area contributed by atoms with Crippen LogP contribution in [0.3, 0.4) is 0 Å². The molecule has 22 heavy (non-hydrogen) atoms. The minimum atomic E-state index is -0.742. The number of hydrogen-bond donors (Lipinski definition) is 2. The number of H-pyrrole nitrogens is 1. The number of aromatic nitrogens is 2. The fraction of sp³-hybridized carbons (Fsp3) is 0.267. The average molecular weight is 305 g/mol. The molecule has 0 amide bonds. The number of nitrogens with zero attached hydrogens (tertiary/aromatic N) is 2. The monoisotopic (exact) mass is 305 g/mol. The molecular weight excluding hydrogens is 289 g/mol. The van der Waals surface area contributed by atoms with Crippen LogP contribution >= 0.6 is 0 Å². The number of aromatic hydroxyl groups is 1. The Morgan fingerprint density at radius 1 is 1.23 bits per heavy atom. The fourth-order valence-corrected chi connectivity index (χ4v) is 1.94. The minimum Gasteiger partial charge on any atom is -0.494 e. The molecule has 6 nitrogen and oxygen atoms in total. The molecule has 0 atom stereocenters. The topological polar surface area (TPSA) is 87.4 Å². The Morgan fingerprint density at radius 2 is 1.82 bits per heavy atom. The molecule has 0 saturated carbocycles. The van der Waals surface area contributed by atoms with Crippen molar-refractivity contribution in [1.29, 1.82) is 0 Å². The van der Waals surface area contributed by atoms with Gasteiger partial charge < -0.3 is 5.11 Å². The zero-order chi connectivity index (χ0) is 16.5. The molecule has 1 aromatic carbocycles. The van der Waals surface area contributed by atoms with Crippen LogP contribution in [0.2, 0.25) is 0 Å². The maximum Gasteiger partial charge on any atom is 0.331 e. The number of hydrogen-bond acceptors (Lipinski definition) is 4. The Morgan fingerprint density at radius 3 is 2.36 bits per heavy atom. The molecule has 0 saturated heterocycles. The molecule has 0 unspecified atom stereocenters. The van der Waals surface area contributed by atoms with Gasteiger partial charge in [-0.15, -0.1) is 0 Å². The van der Waals surface area contributed by atoms with Gasteiger partial charge in [-0.3, -0.25) is 19.3 Å². The Hall–Kier alpha value is -2.70. The Balaban J connectivity index is 2.54. The van der Waals surface area contributed by atoms with E-state index in [1.165, 1.54) is 24.3 Å². The maximum absolute atomic E-state index is 12.8. The van der Waals surface area contributed by atoms with Crippen molar-refractivity contribution in [2.24, 2.45) is 4.99 Å². The lowest BCUT2D eigenvalue weighted by atomic mass is 10.1. The summed E-state index contributed by atoms with van der Waals surface area (Å²) in [7, 11) is 0. The van der Waals surface area contributed by atoms with Crippen LogP contribution in [0.1, 0.15) is 26.3 Å². The predicted molar refractivity (Wildman–Crippen MR) is 81.6 cm³/mol. The van der Waals surface area contributed by atoms with Crippen LogP contribution in [0.4, 0.5) is 10.1 Å². The normalized spacial score (nSPS) is 12.0. The highest BCUT2D eigenvalue weighted by Crippen LogP contribution is 2.20. The van der Waals surface area contributed by atoms with Crippen molar-refractivity contribution < 1.29 is 9.50 Å². The third-order valence-corrected chi connectivity index (χ3v) is 2.96. The zero-order valence-corrected chi connectivity index (χ0v) is 12.4. The summed E-state index contributed by atoms with van der Waals surface area (Å²) in [6, 6.07) is 5.31. The first-order chi connectivity index (χ1) is 10.2. The number of aliphatic imine (C=N–C) groups is 1. The van der Waals surface area contributed by atoms with Crippen molar-refractivity contribution in [2.45, 2.75) is 26.3 Å². The fourth-order valence-electron chi connectivity index (χ4n) is 1.94. The molecule has 0 fully saturated rings. The molecule has 2 aromatic rings. The van der Waals surface area contributed by atoms with E-state index >= 15 is 0 Å². The molecule has 1 heterocycles. The van der Waals surface area contributed by atoms with E-state index in [9.17, 15) is 19.1 Å². The first-order valence-electron chi connectivity index (χ1n) is 6.58. The molecule has 116 valence electrons. The first kappa shape index (κ1) is 15.7. The van der Waals surface area contributed by atoms with E-state index in [1.54, 1.807) is 20.8 Å². The maximum atomic E-state index is 12.8. The van der Waals surface area contributed by atoms with Gasteiger partial charge >= 0.3 is 5.69 Å². The van der Waals surface area contributed by atoms with E-state index in [2.05, 4.69) is 9.98 Å². The summed E-state index contributed by atoms with van der Waals surface area (Å²) in [6.45, 7) is 5.15. The van der Waals surface area contributed by atoms with Crippen molar-refractivity contribution in [1.82, 2.24) is 9.55 Å². The third-order valence-electron chi connectivity index (χ3n) is 2.96. The molecule has 0 spiro atoms. The zero-order valence-electron chi connectivity index (χ0n) is 12.4. The molecule has 0 radical (unpaired) electrons. The van der Waals surface area contributed by atoms with Gasteiger partial charge in [-0.1, -0.05) is 0 Å². The quantitative estimate of drug-likeness (QED) is 0.831. The van der Waals surface area contributed by atoms with Gasteiger partial charge in [0.2, 0.25) is 5.88 Å². The molecule has 0 aliphatic rings. The lowest BCUT2D eigenvalue weighted by Gasteiger charge is -2.23. The van der Waals surface area contributed by atoms with Gasteiger partial charge in [-0.2, -0.15) is 0 Å². The summed E-state index contributed by atoms with van der Waals surface area (Å²) in [5, 5.41) is 10.2. The molecule has 2 N–H and O–H groups in total. The smallest absolute Gasteiger partial charge is 0.331 e. The number of halogens is 1. The highest BCUT2D eigenvalue weighted by molar-refractivity contribution is 5.84. The number of aromatic amines is 1. The van der Waals surface area contributed by atoms with Gasteiger partial charge in [0.1, 0.15) is 11.4 Å². The highest BCUT2D eigenvalue weighted by Gasteiger charge is 2.22. The number of benzene rings is 1. The standard InChI is InChI=1S/C15H16FN3O3/c1-15(2,3)19-13(21)11(12(20)18-14(19)22)8-17-10-6-4-9(16)5-7-10/h4-8,21H,1-3H3,(H,18,20,22). The van der Waals surface area contributed by atoms with Gasteiger partial charge in [0.15, 0.2) is 0 Å². The van der Waals surface area contributed by atoms with E-state index in [4.69, 9.17) is 0 Å². The molecular formula is C15H16FN3O3. The van der Waals surface area contributed by atoms with Crippen LogP contribution in [0.15, 0.2) is 38.8 Å². The van der Waals surface area contributed by atoms with Crippen LogP contribution in [0.25, 0.3) is 0 Å². The second-order valence-corrected chi connectivity index (χ2v) is 5.74. The number of nitrogens with one attached hydrogen (secondary N) is 1. The molecule has 1 aromatic heterocycles. The third kappa shape index (κ3) is 3.13. The van der Waals surface area contributed by atoms with E-state index < -0.39 is 28.5 Å². The van der Waals surface area contributed by atoms with Gasteiger partial charge in [0.25, 0.3) is 5.56 Å². The molecule has 7 heteroatoms. The van der Waals surface area contributed by atoms with Crippen molar-refractivity contribution in [2.75, 3.05) is 0 Å². The highest BCUT2D eigenvalue weighted by atomic mass is 19.1. The van der Waals surface area contributed by atoms with E-state index in [0.717, 1.165) is 10.8 Å². The Bertz CT molecular complexity index is 827. The first-order valence-corrected chi connectivity index (χ1v) is 6.58. The van der Waals surface area contributed by atoms with E-state index in [0.29, 0.717) is 5.69 Å². The van der Waals surface area contributed by atoms with Gasteiger partial charge in [-0.05, 0) is 45.0 Å². The lowest BCUT2D eigenvalue weighted by molar-refractivity contribution is 0.305. The summed E-state index contributed by atoms with van der Waals surface area (Å²) >= 11 is 0. The van der Waals surface area contributed by atoms with Crippen molar-refractivity contribution >= 4 is 11.9 Å². The largest absolute Gasteiger partial charge is 0.494 e. The Labute approximate surface area is 125 Å². The van der Waals surface area contributed by atoms with Gasteiger partial charge in [-0.25, -0.2) is 9.18 Å². The van der Waals surface area contributed by atoms with Crippen molar-refractivity contribution in [3.63, 3.8) is 0 Å². The van der Waals surface area contributed by atoms with Gasteiger partial charge in [0.05, 0.1) is 5.69 Å². The van der Waals surface area contributed by atoms with Crippen molar-refractivity contribution in [3.05, 3.63) is 56.5 Å². The molecule has 0 aliphatic heterocycles. The number of rotatable bonds is 2. The van der Waals surface area contributed by atoms with Crippen LogP contribution in [0.5, 0.6) is 5.88 Å². The summed E-state index contributed by atoms with van der Waals surface area (Å²) in [5.74, 6) is -0.868. The SMILES string of the molecule is CC(C)(C)n1c(O)c(C=Nc2ccc(F)cc2)c(=O)[nH]c1=O. The Kier molecular flexibility index (Phi) is 3.99. The second-order valence-electron chi connectivity index (χ2n) is 5.74. The van der Waals surface area contributed by atoms with Crippen LogP contribution in [0, 0.1) is 5.82 Å². The van der Waals surface area contributed by atoms with Gasteiger partial charge in [0, 0.05) is 11.8 Å². The molecule has 0 aliphatic carbocycles. The summed E-state index contributed by atoms with van der Waals surface area (Å²) in [4.78, 5) is 29.8. The van der Waals surface area contributed by atoms with Crippen LogP contribution in [-0.2, 0) is 5.54 Å². The second kappa shape index (κ2) is 5.59. The minimum absolute atomic E-state index is 0.140. The summed E-state index contributed by atoms with van der Waals surface area (Å²) in [6.07, 6.45) is 1.14. The summed E-state index contributed by atoms with van der Waals surface area (Å²) in [5.41, 5.74) is -1.89. The van der Waals surface area contributed by atoms with E-state index in [1.807, 2.05) is 0 Å².